The van der Waals surface area contributed by atoms with Crippen LogP contribution in [0.5, 0.6) is 0 Å². The molecule has 1 rings (SSSR count). The first-order valence-corrected chi connectivity index (χ1v) is 4.10. The number of aromatic amines is 1. The molecule has 0 spiro atoms. The van der Waals surface area contributed by atoms with E-state index in [1.54, 1.807) is 0 Å². The molecule has 1 aromatic heterocycles. The third kappa shape index (κ3) is 1.47. The van der Waals surface area contributed by atoms with Gasteiger partial charge in [-0.05, 0) is 6.07 Å². The topological polar surface area (TPSA) is 87.2 Å². The Balaban J connectivity index is 3.35. The number of carbonyl (C=O) groups excluding carboxylic acids is 1. The van der Waals surface area contributed by atoms with E-state index in [1.807, 2.05) is 0 Å². The third-order valence-corrected chi connectivity index (χ3v) is 2.05. The highest BCUT2D eigenvalue weighted by atomic mass is 32.2. The van der Waals surface area contributed by atoms with Crippen molar-refractivity contribution < 1.29 is 17.8 Å². The van der Waals surface area contributed by atoms with E-state index in [4.69, 9.17) is 4.55 Å². The van der Waals surface area contributed by atoms with E-state index >= 15 is 0 Å². The fraction of sp³-hybridized carbons (Fsp3) is 0. The van der Waals surface area contributed by atoms with Gasteiger partial charge in [0.25, 0.3) is 10.1 Å². The smallest absolute Gasteiger partial charge is 0.296 e. The molecule has 6 heteroatoms. The maximum absolute atomic E-state index is 10.5. The van der Waals surface area contributed by atoms with Crippen LogP contribution in [0.1, 0.15) is 10.5 Å². The molecule has 0 bridgehead atoms. The summed E-state index contributed by atoms with van der Waals surface area (Å²) in [4.78, 5) is 12.1. The van der Waals surface area contributed by atoms with E-state index in [2.05, 4.69) is 4.98 Å². The van der Waals surface area contributed by atoms with Gasteiger partial charge >= 0.3 is 0 Å². The van der Waals surface area contributed by atoms with E-state index in [1.165, 1.54) is 6.20 Å². The standard InChI is InChI=1S/C5H5NO4S/c7-3-4-5(1-2-6-4)11(8,9)10/h1-3,6H,(H,8,9,10). The van der Waals surface area contributed by atoms with Gasteiger partial charge < -0.3 is 4.98 Å². The molecule has 0 radical (unpaired) electrons. The van der Waals surface area contributed by atoms with Crippen molar-refractivity contribution >= 4 is 16.4 Å². The minimum absolute atomic E-state index is 0.146. The van der Waals surface area contributed by atoms with E-state index in [9.17, 15) is 13.2 Å². The van der Waals surface area contributed by atoms with Crippen LogP contribution in [-0.4, -0.2) is 24.2 Å². The highest BCUT2D eigenvalue weighted by Crippen LogP contribution is 2.10. The summed E-state index contributed by atoms with van der Waals surface area (Å²) < 4.78 is 29.4. The third-order valence-electron chi connectivity index (χ3n) is 1.13. The van der Waals surface area contributed by atoms with Crippen molar-refractivity contribution in [2.45, 2.75) is 4.90 Å². The van der Waals surface area contributed by atoms with Crippen LogP contribution in [0.25, 0.3) is 0 Å². The Hall–Kier alpha value is -1.14. The zero-order valence-corrected chi connectivity index (χ0v) is 6.13. The Bertz CT molecular complexity index is 364. The monoisotopic (exact) mass is 175 g/mol. The van der Waals surface area contributed by atoms with E-state index < -0.39 is 15.0 Å². The molecule has 0 saturated carbocycles. The second-order valence-corrected chi connectivity index (χ2v) is 3.24. The Morgan fingerprint density at radius 2 is 2.18 bits per heavy atom. The molecule has 0 aliphatic carbocycles. The lowest BCUT2D eigenvalue weighted by Crippen LogP contribution is -1.99. The number of hydrogen-bond acceptors (Lipinski definition) is 3. The highest BCUT2D eigenvalue weighted by molar-refractivity contribution is 7.86. The molecule has 11 heavy (non-hydrogen) atoms. The Morgan fingerprint density at radius 3 is 2.55 bits per heavy atom. The average Bonchev–Trinajstić information content (AvgIpc) is 2.31. The lowest BCUT2D eigenvalue weighted by molar-refractivity contribution is 0.111. The van der Waals surface area contributed by atoms with Gasteiger partial charge in [-0.25, -0.2) is 0 Å². The van der Waals surface area contributed by atoms with Crippen LogP contribution >= 0.6 is 0 Å². The number of aromatic nitrogens is 1. The van der Waals surface area contributed by atoms with Gasteiger partial charge in [0, 0.05) is 6.20 Å². The van der Waals surface area contributed by atoms with Gasteiger partial charge in [0.2, 0.25) is 0 Å². The predicted octanol–water partition coefficient (Wildman–Crippen LogP) is 0.0739. The summed E-state index contributed by atoms with van der Waals surface area (Å²) in [6, 6.07) is 1.11. The van der Waals surface area contributed by atoms with Gasteiger partial charge in [-0.3, -0.25) is 9.35 Å². The zero-order chi connectivity index (χ0) is 8.48. The maximum atomic E-state index is 10.5. The van der Waals surface area contributed by atoms with Gasteiger partial charge in [0.15, 0.2) is 6.29 Å². The fourth-order valence-corrected chi connectivity index (χ4v) is 1.31. The van der Waals surface area contributed by atoms with Crippen molar-refractivity contribution in [3.63, 3.8) is 0 Å². The van der Waals surface area contributed by atoms with Crippen LogP contribution in [0, 0.1) is 0 Å². The van der Waals surface area contributed by atoms with Crippen molar-refractivity contribution in [2.24, 2.45) is 0 Å². The predicted molar refractivity (Wildman–Crippen MR) is 36.0 cm³/mol. The molecule has 0 saturated heterocycles. The molecule has 5 nitrogen and oxygen atoms in total. The molecule has 0 unspecified atom stereocenters. The summed E-state index contributed by atoms with van der Waals surface area (Å²) in [5.74, 6) is 0. The molecule has 60 valence electrons. The zero-order valence-electron chi connectivity index (χ0n) is 5.31. The van der Waals surface area contributed by atoms with Crippen LogP contribution in [-0.2, 0) is 10.1 Å². The maximum Gasteiger partial charge on any atom is 0.296 e. The Kier molecular flexibility index (Phi) is 1.79. The number of carbonyl (C=O) groups is 1. The first-order valence-electron chi connectivity index (χ1n) is 2.66. The second kappa shape index (κ2) is 2.48. The number of rotatable bonds is 2. The molecule has 1 aromatic rings. The average molecular weight is 175 g/mol. The van der Waals surface area contributed by atoms with E-state index in [-0.39, 0.29) is 5.69 Å². The van der Waals surface area contributed by atoms with Crippen molar-refractivity contribution in [3.8, 4) is 0 Å². The molecular formula is C5H5NO4S. The summed E-state index contributed by atoms with van der Waals surface area (Å²) in [5.41, 5.74) is -0.146. The van der Waals surface area contributed by atoms with Gasteiger partial charge in [-0.15, -0.1) is 0 Å². The quantitative estimate of drug-likeness (QED) is 0.492. The number of H-pyrrole nitrogens is 1. The van der Waals surface area contributed by atoms with Crippen molar-refractivity contribution in [2.75, 3.05) is 0 Å². The fourth-order valence-electron chi connectivity index (χ4n) is 0.685. The van der Waals surface area contributed by atoms with Crippen molar-refractivity contribution in [3.05, 3.63) is 18.0 Å². The summed E-state index contributed by atoms with van der Waals surface area (Å²) >= 11 is 0. The number of aldehydes is 1. The first kappa shape index (κ1) is 7.96. The normalized spacial score (nSPS) is 11.4. The highest BCUT2D eigenvalue weighted by Gasteiger charge is 2.14. The summed E-state index contributed by atoms with van der Waals surface area (Å²) in [6.07, 6.45) is 1.58. The van der Waals surface area contributed by atoms with Crippen LogP contribution in [0.2, 0.25) is 0 Å². The van der Waals surface area contributed by atoms with Gasteiger partial charge in [-0.1, -0.05) is 0 Å². The van der Waals surface area contributed by atoms with E-state index in [0.29, 0.717) is 6.29 Å². The molecule has 0 aliphatic heterocycles. The molecule has 0 fully saturated rings. The minimum Gasteiger partial charge on any atom is -0.358 e. The van der Waals surface area contributed by atoms with Gasteiger partial charge in [0.05, 0.1) is 5.69 Å². The minimum atomic E-state index is -4.26. The molecular weight excluding hydrogens is 170 g/mol. The Morgan fingerprint density at radius 1 is 1.55 bits per heavy atom. The van der Waals surface area contributed by atoms with Crippen LogP contribution in [0.15, 0.2) is 17.2 Å². The Labute approximate surface area is 62.8 Å². The number of nitrogens with one attached hydrogen (secondary N) is 1. The molecule has 0 aliphatic rings. The van der Waals surface area contributed by atoms with Gasteiger partial charge in [-0.2, -0.15) is 8.42 Å². The second-order valence-electron chi connectivity index (χ2n) is 1.85. The number of hydrogen-bond donors (Lipinski definition) is 2. The SMILES string of the molecule is O=Cc1[nH]ccc1S(=O)(=O)O. The largest absolute Gasteiger partial charge is 0.358 e. The van der Waals surface area contributed by atoms with Crippen LogP contribution in [0.3, 0.4) is 0 Å². The van der Waals surface area contributed by atoms with Crippen molar-refractivity contribution in [1.82, 2.24) is 4.98 Å². The summed E-state index contributed by atoms with van der Waals surface area (Å²) in [6.45, 7) is 0. The van der Waals surface area contributed by atoms with Crippen LogP contribution < -0.4 is 0 Å². The van der Waals surface area contributed by atoms with E-state index in [0.717, 1.165) is 6.07 Å². The van der Waals surface area contributed by atoms with Crippen molar-refractivity contribution in [1.29, 1.82) is 0 Å². The summed E-state index contributed by atoms with van der Waals surface area (Å²) in [5, 5.41) is 0. The molecule has 1 heterocycles. The lowest BCUT2D eigenvalue weighted by Gasteiger charge is -1.90. The molecule has 0 amide bonds. The first-order chi connectivity index (χ1) is 5.05. The van der Waals surface area contributed by atoms with Gasteiger partial charge in [0.1, 0.15) is 4.90 Å². The molecule has 0 atom stereocenters. The summed E-state index contributed by atoms with van der Waals surface area (Å²) in [7, 11) is -4.26. The molecule has 2 N–H and O–H groups in total. The molecule has 0 aromatic carbocycles. The lowest BCUT2D eigenvalue weighted by atomic mass is 10.5. The van der Waals surface area contributed by atoms with Crippen LogP contribution in [0.4, 0.5) is 0 Å².